The summed E-state index contributed by atoms with van der Waals surface area (Å²) in [5.41, 5.74) is 0. The van der Waals surface area contributed by atoms with Gasteiger partial charge >= 0.3 is 12.0 Å². The van der Waals surface area contributed by atoms with Crippen LogP contribution < -0.4 is 5.32 Å². The van der Waals surface area contributed by atoms with E-state index >= 15 is 0 Å². The second-order valence-electron chi connectivity index (χ2n) is 5.78. The first-order valence-electron chi connectivity index (χ1n) is 7.38. The van der Waals surface area contributed by atoms with Crippen molar-refractivity contribution in [3.63, 3.8) is 0 Å². The molecule has 2 amide bonds. The summed E-state index contributed by atoms with van der Waals surface area (Å²) in [6, 6.07) is -0.173. The van der Waals surface area contributed by atoms with Gasteiger partial charge in [-0.3, -0.25) is 4.79 Å². The molecule has 1 aliphatic carbocycles. The first-order valence-corrected chi connectivity index (χ1v) is 7.38. The van der Waals surface area contributed by atoms with Crippen LogP contribution in [0.25, 0.3) is 0 Å². The van der Waals surface area contributed by atoms with Gasteiger partial charge in [0.15, 0.2) is 0 Å². The topological polar surface area (TPSA) is 88.1 Å². The first-order chi connectivity index (χ1) is 10.1. The van der Waals surface area contributed by atoms with E-state index in [1.165, 1.54) is 0 Å². The number of carboxylic acid groups (broad SMARTS) is 1. The van der Waals surface area contributed by atoms with Crippen LogP contribution in [0, 0.1) is 11.8 Å². The Kier molecular flexibility index (Phi) is 5.41. The lowest BCUT2D eigenvalue weighted by Gasteiger charge is -2.20. The smallest absolute Gasteiger partial charge is 0.317 e. The van der Waals surface area contributed by atoms with E-state index in [2.05, 4.69) is 5.32 Å². The standard InChI is InChI=1S/C14H24N2O5/c1-20-11-7-16(8-12(11)21-2)14(19)15-6-9-4-3-5-10(9)13(17)18/h9-12H,3-8H2,1-2H3,(H,15,19)(H,17,18). The van der Waals surface area contributed by atoms with Crippen LogP contribution in [0.5, 0.6) is 0 Å². The number of nitrogens with zero attached hydrogens (tertiary/aromatic N) is 1. The molecule has 2 aliphatic rings. The van der Waals surface area contributed by atoms with Crippen LogP contribution >= 0.6 is 0 Å². The minimum Gasteiger partial charge on any atom is -0.481 e. The molecule has 1 heterocycles. The summed E-state index contributed by atoms with van der Waals surface area (Å²) in [6.45, 7) is 1.41. The van der Waals surface area contributed by atoms with Crippen molar-refractivity contribution in [1.82, 2.24) is 10.2 Å². The van der Waals surface area contributed by atoms with E-state index in [1.807, 2.05) is 0 Å². The highest BCUT2D eigenvalue weighted by atomic mass is 16.5. The second kappa shape index (κ2) is 7.09. The Morgan fingerprint density at radius 1 is 1.19 bits per heavy atom. The molecule has 0 aromatic heterocycles. The average molecular weight is 300 g/mol. The summed E-state index contributed by atoms with van der Waals surface area (Å²) in [6.07, 6.45) is 2.26. The Balaban J connectivity index is 1.81. The fraction of sp³-hybridized carbons (Fsp3) is 0.857. The number of urea groups is 1. The number of hydrogen-bond acceptors (Lipinski definition) is 4. The molecule has 1 saturated heterocycles. The second-order valence-corrected chi connectivity index (χ2v) is 5.78. The molecule has 21 heavy (non-hydrogen) atoms. The van der Waals surface area contributed by atoms with Crippen LogP contribution in [-0.2, 0) is 14.3 Å². The summed E-state index contributed by atoms with van der Waals surface area (Å²) >= 11 is 0. The minimum atomic E-state index is -0.758. The van der Waals surface area contributed by atoms with E-state index in [0.29, 0.717) is 26.1 Å². The Morgan fingerprint density at radius 3 is 2.33 bits per heavy atom. The largest absolute Gasteiger partial charge is 0.481 e. The number of likely N-dealkylation sites (tertiary alicyclic amines) is 1. The zero-order chi connectivity index (χ0) is 15.4. The molecule has 120 valence electrons. The maximum Gasteiger partial charge on any atom is 0.317 e. The van der Waals surface area contributed by atoms with Crippen molar-refractivity contribution in [2.24, 2.45) is 11.8 Å². The van der Waals surface area contributed by atoms with Crippen LogP contribution in [0.4, 0.5) is 4.79 Å². The van der Waals surface area contributed by atoms with Crippen molar-refractivity contribution in [2.75, 3.05) is 33.9 Å². The van der Waals surface area contributed by atoms with Gasteiger partial charge in [0, 0.05) is 20.8 Å². The van der Waals surface area contributed by atoms with Gasteiger partial charge in [-0.2, -0.15) is 0 Å². The van der Waals surface area contributed by atoms with Gasteiger partial charge in [0.25, 0.3) is 0 Å². The van der Waals surface area contributed by atoms with E-state index < -0.39 is 5.97 Å². The van der Waals surface area contributed by atoms with Crippen molar-refractivity contribution in [3.05, 3.63) is 0 Å². The third-order valence-corrected chi connectivity index (χ3v) is 4.60. The Morgan fingerprint density at radius 2 is 1.81 bits per heavy atom. The van der Waals surface area contributed by atoms with Crippen LogP contribution in [-0.4, -0.2) is 68.1 Å². The Hall–Kier alpha value is -1.34. The minimum absolute atomic E-state index is 0.0329. The zero-order valence-electron chi connectivity index (χ0n) is 12.6. The Labute approximate surface area is 124 Å². The van der Waals surface area contributed by atoms with Crippen molar-refractivity contribution < 1.29 is 24.2 Å². The molecule has 7 heteroatoms. The number of nitrogens with one attached hydrogen (secondary N) is 1. The molecule has 0 bridgehead atoms. The zero-order valence-corrected chi connectivity index (χ0v) is 12.6. The number of carboxylic acids is 1. The van der Waals surface area contributed by atoms with E-state index in [0.717, 1.165) is 12.8 Å². The maximum absolute atomic E-state index is 12.2. The fourth-order valence-corrected chi connectivity index (χ4v) is 3.30. The van der Waals surface area contributed by atoms with Gasteiger partial charge in [0.05, 0.1) is 19.0 Å². The molecule has 4 unspecified atom stereocenters. The highest BCUT2D eigenvalue weighted by Gasteiger charge is 2.37. The molecule has 2 N–H and O–H groups in total. The molecule has 0 radical (unpaired) electrons. The van der Waals surface area contributed by atoms with Crippen LogP contribution in [0.1, 0.15) is 19.3 Å². The molecular weight excluding hydrogens is 276 g/mol. The molecule has 1 saturated carbocycles. The molecule has 2 fully saturated rings. The number of hydrogen-bond donors (Lipinski definition) is 2. The lowest BCUT2D eigenvalue weighted by molar-refractivity contribution is -0.142. The van der Waals surface area contributed by atoms with E-state index in [1.54, 1.807) is 19.1 Å². The number of aliphatic carboxylic acids is 1. The number of carbonyl (C=O) groups excluding carboxylic acids is 1. The molecule has 1 aliphatic heterocycles. The molecule has 0 aromatic rings. The SMILES string of the molecule is COC1CN(C(=O)NCC2CCCC2C(=O)O)CC1OC. The van der Waals surface area contributed by atoms with E-state index in [-0.39, 0.29) is 30.1 Å². The summed E-state index contributed by atoms with van der Waals surface area (Å²) < 4.78 is 10.6. The molecule has 0 spiro atoms. The first kappa shape index (κ1) is 16.0. The van der Waals surface area contributed by atoms with Crippen molar-refractivity contribution >= 4 is 12.0 Å². The summed E-state index contributed by atoms with van der Waals surface area (Å²) in [4.78, 5) is 24.9. The van der Waals surface area contributed by atoms with E-state index in [9.17, 15) is 9.59 Å². The summed E-state index contributed by atoms with van der Waals surface area (Å²) in [5.74, 6) is -1.06. The number of ether oxygens (including phenoxy) is 2. The van der Waals surface area contributed by atoms with Gasteiger partial charge in [-0.15, -0.1) is 0 Å². The van der Waals surface area contributed by atoms with Gasteiger partial charge in [-0.25, -0.2) is 4.79 Å². The lowest BCUT2D eigenvalue weighted by Crippen LogP contribution is -2.42. The molecular formula is C14H24N2O5. The molecule has 4 atom stereocenters. The van der Waals surface area contributed by atoms with Gasteiger partial charge in [-0.1, -0.05) is 6.42 Å². The monoisotopic (exact) mass is 300 g/mol. The fourth-order valence-electron chi connectivity index (χ4n) is 3.30. The number of carbonyl (C=O) groups is 2. The van der Waals surface area contributed by atoms with Gasteiger partial charge < -0.3 is 24.8 Å². The predicted molar refractivity (Wildman–Crippen MR) is 75.0 cm³/mol. The number of amides is 2. The van der Waals surface area contributed by atoms with Crippen LogP contribution in [0.2, 0.25) is 0 Å². The van der Waals surface area contributed by atoms with Gasteiger partial charge in [0.2, 0.25) is 0 Å². The summed E-state index contributed by atoms with van der Waals surface area (Å²) in [5, 5.41) is 12.0. The van der Waals surface area contributed by atoms with Crippen molar-refractivity contribution in [2.45, 2.75) is 31.5 Å². The van der Waals surface area contributed by atoms with Gasteiger partial charge in [-0.05, 0) is 18.8 Å². The van der Waals surface area contributed by atoms with E-state index in [4.69, 9.17) is 14.6 Å². The molecule has 0 aromatic carbocycles. The van der Waals surface area contributed by atoms with Crippen molar-refractivity contribution in [3.8, 4) is 0 Å². The van der Waals surface area contributed by atoms with Gasteiger partial charge in [0.1, 0.15) is 12.2 Å². The van der Waals surface area contributed by atoms with Crippen molar-refractivity contribution in [1.29, 1.82) is 0 Å². The lowest BCUT2D eigenvalue weighted by atomic mass is 9.96. The van der Waals surface area contributed by atoms with Crippen LogP contribution in [0.3, 0.4) is 0 Å². The molecule has 2 rings (SSSR count). The third kappa shape index (κ3) is 3.65. The Bertz CT molecular complexity index is 378. The highest BCUT2D eigenvalue weighted by Crippen LogP contribution is 2.31. The number of rotatable bonds is 5. The maximum atomic E-state index is 12.2. The normalized spacial score (nSPS) is 32.4. The average Bonchev–Trinajstić information content (AvgIpc) is 3.10. The number of methoxy groups -OCH3 is 2. The molecule has 7 nitrogen and oxygen atoms in total. The third-order valence-electron chi connectivity index (χ3n) is 4.60. The summed E-state index contributed by atoms with van der Waals surface area (Å²) in [7, 11) is 3.21. The quantitative estimate of drug-likeness (QED) is 0.774. The van der Waals surface area contributed by atoms with Crippen LogP contribution in [0.15, 0.2) is 0 Å². The predicted octanol–water partition coefficient (Wildman–Crippen LogP) is 0.543. The highest BCUT2D eigenvalue weighted by molar-refractivity contribution is 5.75.